The van der Waals surface area contributed by atoms with Gasteiger partial charge in [0.1, 0.15) is 28.6 Å². The topological polar surface area (TPSA) is 189 Å². The summed E-state index contributed by atoms with van der Waals surface area (Å²) < 4.78 is 15.0. The lowest BCUT2D eigenvalue weighted by Crippen LogP contribution is -2.37. The third-order valence-electron chi connectivity index (χ3n) is 4.88. The first-order valence-electron chi connectivity index (χ1n) is 9.36. The molecule has 2 aromatic carbocycles. The average molecular weight is 454 g/mol. The molecule has 2 aromatic heterocycles. The zero-order valence-electron chi connectivity index (χ0n) is 16.6. The number of halogens is 1. The Labute approximate surface area is 182 Å². The number of anilines is 2. The van der Waals surface area contributed by atoms with E-state index in [1.54, 1.807) is 0 Å². The predicted octanol–water partition coefficient (Wildman–Crippen LogP) is -0.00750. The monoisotopic (exact) mass is 454 g/mol. The fourth-order valence-electron chi connectivity index (χ4n) is 3.17. The normalized spacial score (nSPS) is 11.1. The molecule has 0 saturated carbocycles. The molecule has 2 heterocycles. The molecule has 12 nitrogen and oxygen atoms in total. The molecule has 0 saturated heterocycles. The molecule has 0 atom stereocenters. The molecule has 0 aliphatic heterocycles. The van der Waals surface area contributed by atoms with Crippen LogP contribution in [0.25, 0.3) is 5.78 Å². The van der Waals surface area contributed by atoms with Crippen LogP contribution in [0, 0.1) is 5.82 Å². The lowest BCUT2D eigenvalue weighted by atomic mass is 10.1. The molecule has 168 valence electrons. The molecule has 33 heavy (non-hydrogen) atoms. The zero-order chi connectivity index (χ0) is 23.9. The number of nitrogen functional groups attached to an aromatic ring is 1. The minimum absolute atomic E-state index is 0.0523. The highest BCUT2D eigenvalue weighted by molar-refractivity contribution is 5.96. The van der Waals surface area contributed by atoms with Crippen molar-refractivity contribution in [2.75, 3.05) is 11.1 Å². The van der Waals surface area contributed by atoms with Crippen LogP contribution >= 0.6 is 0 Å². The number of hydrogen-bond donors (Lipinski definition) is 5. The Morgan fingerprint density at radius 3 is 2.61 bits per heavy atom. The molecule has 0 bridgehead atoms. The van der Waals surface area contributed by atoms with Crippen LogP contribution in [0.5, 0.6) is 5.88 Å². The van der Waals surface area contributed by atoms with Crippen LogP contribution in [0.15, 0.2) is 40.1 Å². The van der Waals surface area contributed by atoms with E-state index in [-0.39, 0.29) is 41.5 Å². The maximum absolute atomic E-state index is 14.1. The second kappa shape index (κ2) is 8.03. The second-order valence-corrected chi connectivity index (χ2v) is 6.99. The summed E-state index contributed by atoms with van der Waals surface area (Å²) in [7, 11) is 0. The number of rotatable bonds is 7. The van der Waals surface area contributed by atoms with Gasteiger partial charge in [-0.2, -0.15) is 0 Å². The van der Waals surface area contributed by atoms with Crippen LogP contribution < -0.4 is 27.2 Å². The van der Waals surface area contributed by atoms with E-state index in [9.17, 15) is 33.8 Å². The largest absolute Gasteiger partial charge is 0.493 e. The molecule has 0 aliphatic rings. The Hall–Kier alpha value is -4.81. The lowest BCUT2D eigenvalue weighted by Gasteiger charge is -2.12. The summed E-state index contributed by atoms with van der Waals surface area (Å²) in [5.41, 5.74) is 3.59. The van der Waals surface area contributed by atoms with Gasteiger partial charge in [0.25, 0.3) is 16.8 Å². The van der Waals surface area contributed by atoms with Crippen LogP contribution in [-0.2, 0) is 13.1 Å². The van der Waals surface area contributed by atoms with Crippen molar-refractivity contribution in [3.63, 3.8) is 0 Å². The maximum Gasteiger partial charge on any atom is 0.353 e. The number of benzene rings is 1. The molecule has 0 spiro atoms. The summed E-state index contributed by atoms with van der Waals surface area (Å²) in [6.07, 6.45) is 1.00. The maximum atomic E-state index is 14.1. The molecular formula is C20H15FN6O6. The quantitative estimate of drug-likeness (QED) is 0.238. The number of amides is 1. The highest BCUT2D eigenvalue weighted by Gasteiger charge is 2.20. The van der Waals surface area contributed by atoms with Gasteiger partial charge in [0, 0.05) is 24.7 Å². The van der Waals surface area contributed by atoms with E-state index in [0.717, 1.165) is 16.7 Å². The number of carboxylic acid groups (broad SMARTS) is 1. The summed E-state index contributed by atoms with van der Waals surface area (Å²) in [5, 5.41) is 24.2. The summed E-state index contributed by atoms with van der Waals surface area (Å²) in [5.74, 6) is -3.32. The van der Waals surface area contributed by atoms with Gasteiger partial charge in [-0.1, -0.05) is 6.07 Å². The summed E-state index contributed by atoms with van der Waals surface area (Å²) in [4.78, 5) is 54.3. The molecule has 0 radical (unpaired) electrons. The molecule has 6 N–H and O–H groups in total. The minimum atomic E-state index is -1.40. The Morgan fingerprint density at radius 1 is 1.15 bits per heavy atom. The van der Waals surface area contributed by atoms with E-state index in [1.165, 1.54) is 18.2 Å². The SMILES string of the molecule is Nc1c(NCc2cc(CNC(=O)c3cc(C(=O)O)n4c(O)cnc4n3)ccc2F)c(=O)c1=O. The van der Waals surface area contributed by atoms with Gasteiger partial charge in [-0.3, -0.25) is 14.4 Å². The fraction of sp³-hybridized carbons (Fsp3) is 0.100. The third-order valence-corrected chi connectivity index (χ3v) is 4.88. The van der Waals surface area contributed by atoms with Crippen molar-refractivity contribution in [3.8, 4) is 5.88 Å². The number of carboxylic acids is 1. The van der Waals surface area contributed by atoms with Gasteiger partial charge < -0.3 is 26.6 Å². The second-order valence-electron chi connectivity index (χ2n) is 6.99. The van der Waals surface area contributed by atoms with Gasteiger partial charge in [-0.25, -0.2) is 23.6 Å². The first-order valence-corrected chi connectivity index (χ1v) is 9.36. The number of nitrogens with one attached hydrogen (secondary N) is 2. The standard InChI is InChI=1S/C20H15FN6O6/c21-10-2-1-8(3-9(10)6-23-15-14(22)16(29)17(15)30)5-24-18(31)11-4-12(19(32)33)27-13(28)7-25-20(27)26-11/h1-4,7,23,28H,5-6,22H2,(H,24,31)(H,32,33). The van der Waals surface area contributed by atoms with Crippen molar-refractivity contribution in [3.05, 3.63) is 79.2 Å². The Bertz CT molecular complexity index is 1500. The number of carbonyl (C=O) groups excluding carboxylic acids is 1. The van der Waals surface area contributed by atoms with E-state index >= 15 is 0 Å². The molecule has 4 rings (SSSR count). The number of fused-ring (bicyclic) bond motifs is 1. The van der Waals surface area contributed by atoms with E-state index in [4.69, 9.17) is 5.73 Å². The predicted molar refractivity (Wildman–Crippen MR) is 112 cm³/mol. The van der Waals surface area contributed by atoms with Crippen LogP contribution in [0.3, 0.4) is 0 Å². The number of imidazole rings is 1. The van der Waals surface area contributed by atoms with Gasteiger partial charge in [0.2, 0.25) is 11.7 Å². The van der Waals surface area contributed by atoms with Crippen LogP contribution in [0.2, 0.25) is 0 Å². The summed E-state index contributed by atoms with van der Waals surface area (Å²) >= 11 is 0. The Balaban J connectivity index is 1.49. The van der Waals surface area contributed by atoms with Crippen molar-refractivity contribution in [1.29, 1.82) is 0 Å². The number of carbonyl (C=O) groups is 2. The molecule has 13 heteroatoms. The Kier molecular flexibility index (Phi) is 5.21. The number of aromatic hydroxyl groups is 1. The van der Waals surface area contributed by atoms with Crippen LogP contribution in [0.1, 0.15) is 32.1 Å². The van der Waals surface area contributed by atoms with Crippen molar-refractivity contribution in [1.82, 2.24) is 19.7 Å². The van der Waals surface area contributed by atoms with Crippen LogP contribution in [-0.4, -0.2) is 36.5 Å². The number of nitrogens with zero attached hydrogens (tertiary/aromatic N) is 3. The fourth-order valence-corrected chi connectivity index (χ4v) is 3.17. The van der Waals surface area contributed by atoms with Gasteiger partial charge in [0.15, 0.2) is 0 Å². The van der Waals surface area contributed by atoms with Crippen molar-refractivity contribution in [2.45, 2.75) is 13.1 Å². The number of aromatic carboxylic acids is 1. The highest BCUT2D eigenvalue weighted by atomic mass is 19.1. The van der Waals surface area contributed by atoms with Crippen molar-refractivity contribution >= 4 is 29.0 Å². The first-order chi connectivity index (χ1) is 15.7. The number of hydrogen-bond acceptors (Lipinski definition) is 9. The van der Waals surface area contributed by atoms with Crippen LogP contribution in [0.4, 0.5) is 15.8 Å². The van der Waals surface area contributed by atoms with Gasteiger partial charge >= 0.3 is 5.97 Å². The molecule has 0 fully saturated rings. The van der Waals surface area contributed by atoms with Gasteiger partial charge in [-0.15, -0.1) is 0 Å². The first kappa shape index (κ1) is 21.4. The Morgan fingerprint density at radius 2 is 1.91 bits per heavy atom. The van der Waals surface area contributed by atoms with Crippen molar-refractivity contribution in [2.24, 2.45) is 0 Å². The summed E-state index contributed by atoms with van der Waals surface area (Å²) in [6, 6.07) is 5.03. The zero-order valence-corrected chi connectivity index (χ0v) is 16.6. The number of aromatic nitrogens is 3. The molecule has 0 aliphatic carbocycles. The van der Waals surface area contributed by atoms with Crippen molar-refractivity contribution < 1.29 is 24.2 Å². The molecule has 0 unspecified atom stereocenters. The van der Waals surface area contributed by atoms with E-state index in [1.807, 2.05) is 0 Å². The lowest BCUT2D eigenvalue weighted by molar-refractivity contribution is 0.0687. The summed E-state index contributed by atoms with van der Waals surface area (Å²) in [6.45, 7) is -0.171. The van der Waals surface area contributed by atoms with E-state index < -0.39 is 40.1 Å². The third kappa shape index (κ3) is 3.82. The smallest absolute Gasteiger partial charge is 0.353 e. The minimum Gasteiger partial charge on any atom is -0.493 e. The number of nitrogens with two attached hydrogens (primary N) is 1. The molecule has 1 amide bonds. The van der Waals surface area contributed by atoms with Gasteiger partial charge in [0.05, 0.1) is 6.20 Å². The molecule has 4 aromatic rings. The highest BCUT2D eigenvalue weighted by Crippen LogP contribution is 2.17. The molecular weight excluding hydrogens is 439 g/mol. The average Bonchev–Trinajstić information content (AvgIpc) is 3.18. The van der Waals surface area contributed by atoms with E-state index in [2.05, 4.69) is 20.6 Å². The van der Waals surface area contributed by atoms with Gasteiger partial charge in [-0.05, 0) is 17.7 Å². The van der Waals surface area contributed by atoms with E-state index in [0.29, 0.717) is 5.56 Å².